The van der Waals surface area contributed by atoms with Gasteiger partial charge in [0, 0.05) is 11.3 Å². The molecule has 2 N–H and O–H groups in total. The Labute approximate surface area is 107 Å². The van der Waals surface area contributed by atoms with Crippen molar-refractivity contribution in [3.8, 4) is 11.5 Å². The van der Waals surface area contributed by atoms with Crippen LogP contribution >= 0.6 is 0 Å². The van der Waals surface area contributed by atoms with Crippen LogP contribution < -0.4 is 5.73 Å². The molecule has 0 saturated carbocycles. The first kappa shape index (κ1) is 14.7. The van der Waals surface area contributed by atoms with Gasteiger partial charge < -0.3 is 18.7 Å². The highest BCUT2D eigenvalue weighted by molar-refractivity contribution is 6.83. The Morgan fingerprint density at radius 2 is 1.78 bits per heavy atom. The molecule has 0 atom stereocenters. The van der Waals surface area contributed by atoms with E-state index in [4.69, 9.17) is 5.73 Å². The Balaban J connectivity index is 3.04. The van der Waals surface area contributed by atoms with E-state index in [1.54, 1.807) is 6.07 Å². The second kappa shape index (κ2) is 5.11. The predicted molar refractivity (Wildman–Crippen MR) is 73.9 cm³/mol. The minimum absolute atomic E-state index is 0.183. The molecule has 0 spiro atoms. The topological polar surface area (TPSA) is 26.0 Å². The highest BCUT2D eigenvalue weighted by Crippen LogP contribution is 2.19. The number of benzene rings is 1. The molecule has 1 aromatic rings. The van der Waals surface area contributed by atoms with E-state index in [1.165, 1.54) is 12.1 Å². The molecule has 1 nitrogen and oxygen atoms in total. The maximum Gasteiger partial charge on any atom is 0.482 e. The van der Waals surface area contributed by atoms with Crippen molar-refractivity contribution in [1.29, 1.82) is 0 Å². The summed E-state index contributed by atoms with van der Waals surface area (Å²) in [6.45, 7) is 1.38. The van der Waals surface area contributed by atoms with Crippen molar-refractivity contribution in [3.63, 3.8) is 0 Å². The normalized spacial score (nSPS) is 11.9. The van der Waals surface area contributed by atoms with Crippen LogP contribution in [0.15, 0.2) is 18.2 Å². The average molecular weight is 270 g/mol. The van der Waals surface area contributed by atoms with Crippen molar-refractivity contribution in [2.24, 2.45) is 0 Å². The Hall–Kier alpha value is -1.35. The summed E-state index contributed by atoms with van der Waals surface area (Å²) in [7, 11) is -1.54. The third-order valence-electron chi connectivity index (χ3n) is 2.06. The fourth-order valence-corrected chi connectivity index (χ4v) is 1.95. The molecule has 98 valence electrons. The van der Waals surface area contributed by atoms with Crippen LogP contribution in [0.1, 0.15) is 11.1 Å². The quantitative estimate of drug-likeness (QED) is 0.497. The summed E-state index contributed by atoms with van der Waals surface area (Å²) in [6.07, 6.45) is -0.910. The van der Waals surface area contributed by atoms with Crippen molar-refractivity contribution < 1.29 is 12.9 Å². The van der Waals surface area contributed by atoms with E-state index in [2.05, 4.69) is 31.1 Å². The van der Waals surface area contributed by atoms with Gasteiger partial charge in [-0.15, -0.1) is 5.54 Å². The molecule has 0 aliphatic carbocycles. The van der Waals surface area contributed by atoms with Crippen molar-refractivity contribution in [2.45, 2.75) is 26.0 Å². The van der Waals surface area contributed by atoms with Crippen LogP contribution in [0.5, 0.6) is 0 Å². The minimum atomic E-state index is -4.84. The first-order chi connectivity index (χ1) is 8.05. The van der Waals surface area contributed by atoms with Crippen molar-refractivity contribution >= 4 is 20.7 Å². The molecule has 18 heavy (non-hydrogen) atoms. The molecule has 0 unspecified atom stereocenters. The number of hydrogen-bond acceptors (Lipinski definition) is 1. The largest absolute Gasteiger partial charge is 0.482 e. The molecule has 1 aromatic carbocycles. The molecular weight excluding hydrogens is 254 g/mol. The maximum absolute atomic E-state index is 12.4. The number of halogens is 3. The SMILES string of the molecule is C[Si](C)(C)C#Cc1cc(N)cc(C[B-](F)(F)F)c1. The first-order valence-electron chi connectivity index (χ1n) is 5.69. The molecule has 0 aliphatic heterocycles. The Bertz CT molecular complexity index is 495. The summed E-state index contributed by atoms with van der Waals surface area (Å²) in [5.41, 5.74) is 9.78. The lowest BCUT2D eigenvalue weighted by molar-refractivity contribution is 0.468. The van der Waals surface area contributed by atoms with Crippen molar-refractivity contribution in [2.75, 3.05) is 5.73 Å². The predicted octanol–water partition coefficient (Wildman–Crippen LogP) is 3.43. The van der Waals surface area contributed by atoms with Gasteiger partial charge in [-0.25, -0.2) is 0 Å². The van der Waals surface area contributed by atoms with Crippen LogP contribution in [-0.4, -0.2) is 15.1 Å². The van der Waals surface area contributed by atoms with Gasteiger partial charge in [0.25, 0.3) is 0 Å². The summed E-state index contributed by atoms with van der Waals surface area (Å²) >= 11 is 0. The fourth-order valence-electron chi connectivity index (χ4n) is 1.44. The second-order valence-corrected chi connectivity index (χ2v) is 10.1. The van der Waals surface area contributed by atoms with Gasteiger partial charge >= 0.3 is 6.98 Å². The van der Waals surface area contributed by atoms with Gasteiger partial charge in [0.1, 0.15) is 8.07 Å². The van der Waals surface area contributed by atoms with Crippen LogP contribution in [0.4, 0.5) is 18.6 Å². The van der Waals surface area contributed by atoms with Crippen LogP contribution in [0, 0.1) is 11.5 Å². The van der Waals surface area contributed by atoms with E-state index >= 15 is 0 Å². The van der Waals surface area contributed by atoms with Gasteiger partial charge in [-0.2, -0.15) is 0 Å². The molecule has 0 heterocycles. The number of anilines is 1. The first-order valence-corrected chi connectivity index (χ1v) is 9.19. The molecular formula is C12H16BF3NSi-. The molecule has 0 aliphatic rings. The molecule has 0 bridgehead atoms. The smallest absolute Gasteiger partial charge is 0.449 e. The lowest BCUT2D eigenvalue weighted by Gasteiger charge is -2.14. The highest BCUT2D eigenvalue weighted by Gasteiger charge is 2.23. The van der Waals surface area contributed by atoms with E-state index in [-0.39, 0.29) is 5.56 Å². The summed E-state index contributed by atoms with van der Waals surface area (Å²) in [5.74, 6) is 2.92. The van der Waals surface area contributed by atoms with Crippen molar-refractivity contribution in [1.82, 2.24) is 0 Å². The average Bonchev–Trinajstić information content (AvgIpc) is 2.09. The number of hydrogen-bond donors (Lipinski definition) is 1. The van der Waals surface area contributed by atoms with Gasteiger partial charge in [0.2, 0.25) is 0 Å². The Morgan fingerprint density at radius 3 is 2.28 bits per heavy atom. The van der Waals surface area contributed by atoms with E-state index in [0.29, 0.717) is 11.3 Å². The zero-order valence-electron chi connectivity index (χ0n) is 10.7. The number of nitrogens with two attached hydrogens (primary N) is 1. The van der Waals surface area contributed by atoms with Gasteiger partial charge in [-0.05, 0) is 18.2 Å². The van der Waals surface area contributed by atoms with Crippen LogP contribution in [-0.2, 0) is 6.32 Å². The summed E-state index contributed by atoms with van der Waals surface area (Å²) in [6, 6.07) is 4.44. The molecule has 0 saturated heterocycles. The van der Waals surface area contributed by atoms with Crippen LogP contribution in [0.2, 0.25) is 19.6 Å². The third-order valence-corrected chi connectivity index (χ3v) is 2.94. The van der Waals surface area contributed by atoms with Crippen LogP contribution in [0.25, 0.3) is 0 Å². The summed E-state index contributed by atoms with van der Waals surface area (Å²) in [4.78, 5) is 0. The molecule has 0 amide bonds. The van der Waals surface area contributed by atoms with Gasteiger partial charge in [-0.1, -0.05) is 37.4 Å². The summed E-state index contributed by atoms with van der Waals surface area (Å²) < 4.78 is 37.1. The lowest BCUT2D eigenvalue weighted by Crippen LogP contribution is -2.19. The molecule has 0 radical (unpaired) electrons. The van der Waals surface area contributed by atoms with Gasteiger partial charge in [0.05, 0.1) is 0 Å². The van der Waals surface area contributed by atoms with E-state index < -0.39 is 21.4 Å². The minimum Gasteiger partial charge on any atom is -0.449 e. The maximum atomic E-state index is 12.4. The third kappa shape index (κ3) is 5.82. The summed E-state index contributed by atoms with van der Waals surface area (Å²) in [5, 5.41) is 0. The van der Waals surface area contributed by atoms with Crippen molar-refractivity contribution in [3.05, 3.63) is 29.3 Å². The standard InChI is InChI=1S/C12H16BF3NSi/c1-18(2,3)5-4-10-6-11(8-12(17)7-10)9-13(14,15)16/h6-8H,9,17H2,1-3H3/q-1. The Kier molecular flexibility index (Phi) is 4.17. The molecule has 0 fully saturated rings. The number of nitrogen functional groups attached to an aromatic ring is 1. The van der Waals surface area contributed by atoms with E-state index in [1.807, 2.05) is 0 Å². The van der Waals surface area contributed by atoms with E-state index in [0.717, 1.165) is 0 Å². The fraction of sp³-hybridized carbons (Fsp3) is 0.333. The zero-order chi connectivity index (χ0) is 14.0. The Morgan fingerprint density at radius 1 is 1.17 bits per heavy atom. The van der Waals surface area contributed by atoms with Gasteiger partial charge in [0.15, 0.2) is 0 Å². The monoisotopic (exact) mass is 270 g/mol. The molecule has 1 rings (SSSR count). The molecule has 0 aromatic heterocycles. The highest BCUT2D eigenvalue weighted by atomic mass is 28.3. The molecule has 6 heteroatoms. The zero-order valence-corrected chi connectivity index (χ0v) is 11.7. The second-order valence-electron chi connectivity index (χ2n) is 5.38. The van der Waals surface area contributed by atoms with Crippen LogP contribution in [0.3, 0.4) is 0 Å². The number of rotatable bonds is 2. The van der Waals surface area contributed by atoms with Gasteiger partial charge in [-0.3, -0.25) is 0 Å². The lowest BCUT2D eigenvalue weighted by atomic mass is 9.81. The van der Waals surface area contributed by atoms with E-state index in [9.17, 15) is 12.9 Å².